The predicted octanol–water partition coefficient (Wildman–Crippen LogP) is 6.75. The van der Waals surface area contributed by atoms with Crippen molar-refractivity contribution in [1.82, 2.24) is 0 Å². The molecule has 0 N–H and O–H groups in total. The van der Waals surface area contributed by atoms with E-state index in [1.807, 2.05) is 0 Å². The molecule has 2 aromatic carbocycles. The number of allylic oxidation sites excluding steroid dienone is 1. The Hall–Kier alpha value is -1.39. The molecule has 0 atom stereocenters. The lowest BCUT2D eigenvalue weighted by atomic mass is 9.93. The quantitative estimate of drug-likeness (QED) is 0.483. The van der Waals surface area contributed by atoms with Crippen LogP contribution in [-0.4, -0.2) is 16.1 Å². The highest BCUT2D eigenvalue weighted by Gasteiger charge is 2.25. The van der Waals surface area contributed by atoms with E-state index in [0.717, 1.165) is 6.42 Å². The number of hydrogen-bond donors (Lipinski definition) is 0. The molecule has 2 aromatic rings. The highest BCUT2D eigenvalue weighted by atomic mass is 28.3. The summed E-state index contributed by atoms with van der Waals surface area (Å²) in [6, 6.07) is 12.2. The molecule has 0 fully saturated rings. The summed E-state index contributed by atoms with van der Waals surface area (Å²) >= 11 is 0. The molecule has 0 spiro atoms. The Balaban J connectivity index is 2.23. The monoisotopic (exact) mass is 405 g/mol. The second kappa shape index (κ2) is 7.46. The molecule has 3 rings (SSSR count). The van der Waals surface area contributed by atoms with E-state index < -0.39 is 16.1 Å². The molecule has 2 heteroatoms. The third kappa shape index (κ3) is 4.44. The minimum absolute atomic E-state index is 0.690. The molecule has 1 aliphatic carbocycles. The van der Waals surface area contributed by atoms with E-state index in [1.54, 1.807) is 10.4 Å². The maximum absolute atomic E-state index is 2.53. The molecule has 0 saturated carbocycles. The zero-order chi connectivity index (χ0) is 20.9. The van der Waals surface area contributed by atoms with Crippen molar-refractivity contribution in [3.8, 4) is 11.1 Å². The molecule has 0 unspecified atom stereocenters. The third-order valence-electron chi connectivity index (χ3n) is 5.76. The molecule has 0 aromatic heterocycles. The Labute approximate surface area is 175 Å². The van der Waals surface area contributed by atoms with Gasteiger partial charge in [0.2, 0.25) is 0 Å². The van der Waals surface area contributed by atoms with Crippen molar-refractivity contribution in [2.75, 3.05) is 0 Å². The minimum atomic E-state index is -1.39. The Morgan fingerprint density at radius 3 is 1.89 bits per heavy atom. The van der Waals surface area contributed by atoms with Gasteiger partial charge in [0.1, 0.15) is 0 Å². The van der Waals surface area contributed by atoms with Gasteiger partial charge in [0, 0.05) is 6.42 Å². The second-order valence-electron chi connectivity index (χ2n) is 11.0. The average Bonchev–Trinajstić information content (AvgIpc) is 2.94. The van der Waals surface area contributed by atoms with Gasteiger partial charge >= 0.3 is 0 Å². The molecular formula is C26H37Si2. The van der Waals surface area contributed by atoms with Gasteiger partial charge in [0.05, 0.1) is 16.1 Å². The number of aryl methyl sites for hydroxylation is 1. The first kappa shape index (κ1) is 21.3. The molecular weight excluding hydrogens is 368 g/mol. The zero-order valence-corrected chi connectivity index (χ0v) is 21.3. The summed E-state index contributed by atoms with van der Waals surface area (Å²) < 4.78 is 0. The van der Waals surface area contributed by atoms with Gasteiger partial charge in [-0.1, -0.05) is 105 Å². The van der Waals surface area contributed by atoms with Crippen molar-refractivity contribution in [1.29, 1.82) is 0 Å². The SMILES string of the molecule is Cc1ccc2c(c1-c1cc([Si](C)(C)C)cc([Si](C)(C)C)c1)C=C(CC(C)C)[CH]2. The van der Waals surface area contributed by atoms with Gasteiger partial charge in [0.25, 0.3) is 0 Å². The van der Waals surface area contributed by atoms with Crippen molar-refractivity contribution < 1.29 is 0 Å². The first-order chi connectivity index (χ1) is 12.9. The summed E-state index contributed by atoms with van der Waals surface area (Å²) in [4.78, 5) is 0. The van der Waals surface area contributed by atoms with E-state index in [4.69, 9.17) is 0 Å². The number of fused-ring (bicyclic) bond motifs is 1. The Bertz CT molecular complexity index is 886. The van der Waals surface area contributed by atoms with Crippen LogP contribution in [0.15, 0.2) is 35.9 Å². The van der Waals surface area contributed by atoms with Gasteiger partial charge in [-0.2, -0.15) is 0 Å². The standard InChI is InChI=1S/C26H37Si2/c1-18(2)12-20-13-21-11-10-19(3)26(25(21)14-20)22-15-23(27(4,5)6)17-24(16-22)28(7,8)9/h10-11,13-18H,12H2,1-9H3. The maximum Gasteiger partial charge on any atom is 0.0776 e. The number of benzene rings is 2. The molecule has 149 valence electrons. The van der Waals surface area contributed by atoms with Gasteiger partial charge in [-0.05, 0) is 47.1 Å². The van der Waals surface area contributed by atoms with Crippen LogP contribution in [0.4, 0.5) is 0 Å². The fourth-order valence-corrected chi connectivity index (χ4v) is 6.56. The molecule has 28 heavy (non-hydrogen) atoms. The van der Waals surface area contributed by atoms with Crippen LogP contribution in [-0.2, 0) is 0 Å². The van der Waals surface area contributed by atoms with Crippen molar-refractivity contribution in [3.05, 3.63) is 59.0 Å². The summed E-state index contributed by atoms with van der Waals surface area (Å²) in [6.45, 7) is 21.7. The fraction of sp³-hybridized carbons (Fsp3) is 0.423. The maximum atomic E-state index is 2.53. The Kier molecular flexibility index (Phi) is 5.68. The summed E-state index contributed by atoms with van der Waals surface area (Å²) in [7, 11) is -2.77. The van der Waals surface area contributed by atoms with E-state index in [1.165, 1.54) is 33.4 Å². The van der Waals surface area contributed by atoms with Crippen LogP contribution in [0.25, 0.3) is 17.2 Å². The van der Waals surface area contributed by atoms with Gasteiger partial charge in [-0.15, -0.1) is 0 Å². The highest BCUT2D eigenvalue weighted by Crippen LogP contribution is 2.38. The van der Waals surface area contributed by atoms with Gasteiger partial charge in [0.15, 0.2) is 0 Å². The van der Waals surface area contributed by atoms with Gasteiger partial charge < -0.3 is 0 Å². The lowest BCUT2D eigenvalue weighted by molar-refractivity contribution is 0.649. The van der Waals surface area contributed by atoms with Crippen molar-refractivity contribution >= 4 is 32.6 Å². The van der Waals surface area contributed by atoms with Gasteiger partial charge in [-0.25, -0.2) is 0 Å². The van der Waals surface area contributed by atoms with Crippen molar-refractivity contribution in [2.24, 2.45) is 5.92 Å². The molecule has 0 heterocycles. The summed E-state index contributed by atoms with van der Waals surface area (Å²) in [5.41, 5.74) is 8.58. The fourth-order valence-electron chi connectivity index (χ4n) is 4.06. The Morgan fingerprint density at radius 1 is 0.821 bits per heavy atom. The van der Waals surface area contributed by atoms with Crippen LogP contribution < -0.4 is 10.4 Å². The largest absolute Gasteiger partial charge is 0.0776 e. The summed E-state index contributed by atoms with van der Waals surface area (Å²) in [6.07, 6.45) is 6.01. The molecule has 0 nitrogen and oxygen atoms in total. The third-order valence-corrected chi connectivity index (χ3v) is 9.80. The molecule has 0 bridgehead atoms. The number of rotatable bonds is 5. The van der Waals surface area contributed by atoms with Crippen LogP contribution >= 0.6 is 0 Å². The van der Waals surface area contributed by atoms with E-state index in [0.29, 0.717) is 5.92 Å². The first-order valence-corrected chi connectivity index (χ1v) is 17.7. The van der Waals surface area contributed by atoms with E-state index in [9.17, 15) is 0 Å². The van der Waals surface area contributed by atoms with Crippen molar-refractivity contribution in [3.63, 3.8) is 0 Å². The minimum Gasteiger partial charge on any atom is -0.0656 e. The van der Waals surface area contributed by atoms with E-state index in [-0.39, 0.29) is 0 Å². The lowest BCUT2D eigenvalue weighted by Gasteiger charge is -2.25. The summed E-state index contributed by atoms with van der Waals surface area (Å²) in [5, 5.41) is 3.18. The van der Waals surface area contributed by atoms with Crippen LogP contribution in [0, 0.1) is 19.3 Å². The van der Waals surface area contributed by atoms with Gasteiger partial charge in [-0.3, -0.25) is 0 Å². The molecule has 0 amide bonds. The van der Waals surface area contributed by atoms with Crippen LogP contribution in [0.2, 0.25) is 39.3 Å². The summed E-state index contributed by atoms with van der Waals surface area (Å²) in [5.74, 6) is 0.690. The molecule has 1 radical (unpaired) electrons. The average molecular weight is 406 g/mol. The van der Waals surface area contributed by atoms with Crippen molar-refractivity contribution in [2.45, 2.75) is 66.5 Å². The lowest BCUT2D eigenvalue weighted by Crippen LogP contribution is -2.45. The number of hydrogen-bond acceptors (Lipinski definition) is 0. The highest BCUT2D eigenvalue weighted by molar-refractivity contribution is 6.91. The second-order valence-corrected chi connectivity index (χ2v) is 21.2. The molecule has 1 aliphatic rings. The topological polar surface area (TPSA) is 0 Å². The molecule has 0 aliphatic heterocycles. The smallest absolute Gasteiger partial charge is 0.0656 e. The van der Waals surface area contributed by atoms with Crippen LogP contribution in [0.3, 0.4) is 0 Å². The normalized spacial score (nSPS) is 14.4. The molecule has 0 saturated heterocycles. The Morgan fingerprint density at radius 2 is 1.39 bits per heavy atom. The predicted molar refractivity (Wildman–Crippen MR) is 133 cm³/mol. The first-order valence-electron chi connectivity index (χ1n) is 10.7. The van der Waals surface area contributed by atoms with E-state index in [2.05, 4.69) is 103 Å². The van der Waals surface area contributed by atoms with E-state index >= 15 is 0 Å². The van der Waals surface area contributed by atoms with Crippen LogP contribution in [0.1, 0.15) is 37.0 Å². The zero-order valence-electron chi connectivity index (χ0n) is 19.3. The van der Waals surface area contributed by atoms with Crippen LogP contribution in [0.5, 0.6) is 0 Å².